The molecule has 0 unspecified atom stereocenters. The molecular weight excluding hydrogens is 454 g/mol. The Kier molecular flexibility index (Phi) is 7.45. The van der Waals surface area contributed by atoms with Gasteiger partial charge >= 0.3 is 6.03 Å². The maximum absolute atomic E-state index is 14.5. The summed E-state index contributed by atoms with van der Waals surface area (Å²) in [6, 6.07) is 15.6. The Bertz CT molecular complexity index is 1270. The van der Waals surface area contributed by atoms with Crippen LogP contribution in [0.1, 0.15) is 30.4 Å². The number of aromatic nitrogens is 2. The number of benzene rings is 2. The zero-order chi connectivity index (χ0) is 24.8. The van der Waals surface area contributed by atoms with Crippen LogP contribution in [0.5, 0.6) is 11.6 Å². The molecule has 0 fully saturated rings. The van der Waals surface area contributed by atoms with Crippen LogP contribution in [0, 0.1) is 18.6 Å². The molecule has 4 aromatic rings. The van der Waals surface area contributed by atoms with E-state index in [-0.39, 0.29) is 30.8 Å². The van der Waals surface area contributed by atoms with Gasteiger partial charge in [-0.05, 0) is 49.7 Å². The van der Waals surface area contributed by atoms with Gasteiger partial charge in [0.25, 0.3) is 0 Å². The first-order valence-corrected chi connectivity index (χ1v) is 11.3. The van der Waals surface area contributed by atoms with Crippen LogP contribution in [-0.2, 0) is 13.1 Å². The predicted octanol–water partition coefficient (Wildman–Crippen LogP) is 5.97. The molecule has 0 saturated heterocycles. The Morgan fingerprint density at radius 1 is 1.11 bits per heavy atom. The zero-order valence-electron chi connectivity index (χ0n) is 19.5. The number of hydrogen-bond donors (Lipinski definition) is 1. The van der Waals surface area contributed by atoms with Crippen molar-refractivity contribution in [3.8, 4) is 17.3 Å². The summed E-state index contributed by atoms with van der Waals surface area (Å²) in [7, 11) is 0. The van der Waals surface area contributed by atoms with Gasteiger partial charge in [-0.15, -0.1) is 0 Å². The number of ether oxygens (including phenoxy) is 1. The molecule has 0 atom stereocenters. The second-order valence-electron chi connectivity index (χ2n) is 7.96. The number of aryl methyl sites for hydroxylation is 1. The minimum Gasteiger partial charge on any atom is -0.467 e. The molecule has 0 spiro atoms. The van der Waals surface area contributed by atoms with Crippen molar-refractivity contribution in [2.24, 2.45) is 0 Å². The van der Waals surface area contributed by atoms with Crippen molar-refractivity contribution in [3.05, 3.63) is 95.6 Å². The van der Waals surface area contributed by atoms with Crippen molar-refractivity contribution >= 4 is 6.03 Å². The highest BCUT2D eigenvalue weighted by atomic mass is 19.1. The van der Waals surface area contributed by atoms with Gasteiger partial charge in [-0.1, -0.05) is 25.1 Å². The third-order valence-corrected chi connectivity index (χ3v) is 5.33. The molecule has 2 amide bonds. The quantitative estimate of drug-likeness (QED) is 0.321. The van der Waals surface area contributed by atoms with E-state index in [0.29, 0.717) is 29.2 Å². The van der Waals surface area contributed by atoms with E-state index in [1.54, 1.807) is 34.9 Å². The summed E-state index contributed by atoms with van der Waals surface area (Å²) in [5.41, 5.74) is 1.86. The van der Waals surface area contributed by atoms with Gasteiger partial charge < -0.3 is 19.4 Å². The average Bonchev–Trinajstić information content (AvgIpc) is 3.47. The molecule has 2 aromatic heterocycles. The van der Waals surface area contributed by atoms with Gasteiger partial charge in [0, 0.05) is 12.6 Å². The molecule has 4 rings (SSSR count). The molecule has 182 valence electrons. The van der Waals surface area contributed by atoms with Crippen molar-refractivity contribution in [1.82, 2.24) is 20.0 Å². The summed E-state index contributed by atoms with van der Waals surface area (Å²) in [6.45, 7) is 4.60. The number of carbonyl (C=O) groups excluding carboxylic acids is 1. The summed E-state index contributed by atoms with van der Waals surface area (Å²) in [5, 5.41) is 7.49. The fourth-order valence-corrected chi connectivity index (χ4v) is 3.56. The monoisotopic (exact) mass is 480 g/mol. The van der Waals surface area contributed by atoms with Crippen molar-refractivity contribution < 1.29 is 22.7 Å². The minimum absolute atomic E-state index is 0.118. The van der Waals surface area contributed by atoms with Crippen LogP contribution in [0.25, 0.3) is 5.69 Å². The zero-order valence-corrected chi connectivity index (χ0v) is 19.5. The van der Waals surface area contributed by atoms with Gasteiger partial charge in [-0.25, -0.2) is 18.3 Å². The van der Waals surface area contributed by atoms with Gasteiger partial charge in [0.05, 0.1) is 36.3 Å². The lowest BCUT2D eigenvalue weighted by Gasteiger charge is -2.23. The van der Waals surface area contributed by atoms with Crippen molar-refractivity contribution in [1.29, 1.82) is 0 Å². The van der Waals surface area contributed by atoms with E-state index in [0.717, 1.165) is 18.6 Å². The van der Waals surface area contributed by atoms with E-state index in [2.05, 4.69) is 10.4 Å². The number of furan rings is 1. The maximum Gasteiger partial charge on any atom is 0.318 e. The lowest BCUT2D eigenvalue weighted by atomic mass is 10.2. The van der Waals surface area contributed by atoms with E-state index in [1.807, 2.05) is 37.3 Å². The van der Waals surface area contributed by atoms with E-state index in [9.17, 15) is 13.6 Å². The predicted molar refractivity (Wildman–Crippen MR) is 126 cm³/mol. The van der Waals surface area contributed by atoms with Gasteiger partial charge in [-0.3, -0.25) is 0 Å². The number of hydrogen-bond acceptors (Lipinski definition) is 4. The second-order valence-corrected chi connectivity index (χ2v) is 7.96. The lowest BCUT2D eigenvalue weighted by molar-refractivity contribution is 0.186. The summed E-state index contributed by atoms with van der Waals surface area (Å²) in [4.78, 5) is 14.6. The largest absolute Gasteiger partial charge is 0.467 e. The topological polar surface area (TPSA) is 72.5 Å². The SMILES string of the molecule is CCCNC(=O)N(Cc1ccco1)Cc1c(C)nn(-c2ccccc2)c1Oc1ccc(F)cc1F. The molecule has 7 nitrogen and oxygen atoms in total. The third-order valence-electron chi connectivity index (χ3n) is 5.33. The number of halogens is 2. The molecule has 0 bridgehead atoms. The van der Waals surface area contributed by atoms with E-state index < -0.39 is 11.6 Å². The highest BCUT2D eigenvalue weighted by Gasteiger charge is 2.25. The van der Waals surface area contributed by atoms with E-state index in [1.165, 1.54) is 6.07 Å². The van der Waals surface area contributed by atoms with Crippen molar-refractivity contribution in [3.63, 3.8) is 0 Å². The summed E-state index contributed by atoms with van der Waals surface area (Å²) in [5.74, 6) is -0.871. The van der Waals surface area contributed by atoms with Gasteiger partial charge in [0.15, 0.2) is 11.6 Å². The number of rotatable bonds is 9. The first-order valence-electron chi connectivity index (χ1n) is 11.3. The molecule has 2 aromatic carbocycles. The van der Waals surface area contributed by atoms with Crippen molar-refractivity contribution in [2.75, 3.05) is 6.54 Å². The Balaban J connectivity index is 1.75. The first kappa shape index (κ1) is 24.0. The number of nitrogens with one attached hydrogen (secondary N) is 1. The average molecular weight is 481 g/mol. The second kappa shape index (κ2) is 10.9. The summed E-state index contributed by atoms with van der Waals surface area (Å²) < 4.78 is 41.0. The Morgan fingerprint density at radius 3 is 2.60 bits per heavy atom. The van der Waals surface area contributed by atoms with Gasteiger partial charge in [-0.2, -0.15) is 5.10 Å². The van der Waals surface area contributed by atoms with Crippen LogP contribution in [0.15, 0.2) is 71.3 Å². The highest BCUT2D eigenvalue weighted by Crippen LogP contribution is 2.33. The number of nitrogens with zero attached hydrogens (tertiary/aromatic N) is 3. The fraction of sp³-hybridized carbons (Fsp3) is 0.231. The molecule has 1 N–H and O–H groups in total. The normalized spacial score (nSPS) is 10.9. The smallest absolute Gasteiger partial charge is 0.318 e. The molecule has 0 radical (unpaired) electrons. The summed E-state index contributed by atoms with van der Waals surface area (Å²) in [6.07, 6.45) is 2.32. The number of urea groups is 1. The van der Waals surface area contributed by atoms with Crippen LogP contribution >= 0.6 is 0 Å². The highest BCUT2D eigenvalue weighted by molar-refractivity contribution is 5.74. The lowest BCUT2D eigenvalue weighted by Crippen LogP contribution is -2.39. The van der Waals surface area contributed by atoms with Crippen molar-refractivity contribution in [2.45, 2.75) is 33.4 Å². The number of carbonyl (C=O) groups is 1. The molecule has 0 saturated carbocycles. The molecule has 0 aliphatic rings. The Morgan fingerprint density at radius 2 is 1.91 bits per heavy atom. The fourth-order valence-electron chi connectivity index (χ4n) is 3.56. The van der Waals surface area contributed by atoms with Gasteiger partial charge in [0.1, 0.15) is 11.6 Å². The molecular formula is C26H26F2N4O3. The molecule has 0 aliphatic carbocycles. The van der Waals surface area contributed by atoms with Crippen LogP contribution < -0.4 is 10.1 Å². The van der Waals surface area contributed by atoms with Crippen LogP contribution in [0.4, 0.5) is 13.6 Å². The molecule has 0 aliphatic heterocycles. The molecule has 2 heterocycles. The maximum atomic E-state index is 14.5. The number of amides is 2. The summed E-state index contributed by atoms with van der Waals surface area (Å²) >= 11 is 0. The number of para-hydroxylation sites is 1. The van der Waals surface area contributed by atoms with Crippen LogP contribution in [-0.4, -0.2) is 27.3 Å². The van der Waals surface area contributed by atoms with Gasteiger partial charge in [0.2, 0.25) is 5.88 Å². The first-order chi connectivity index (χ1) is 17.0. The van der Waals surface area contributed by atoms with E-state index >= 15 is 0 Å². The standard InChI is InChI=1S/C26H26F2N4O3/c1-3-13-29-26(33)31(16-21-10-7-14-34-21)17-22-18(2)30-32(20-8-5-4-6-9-20)25(22)35-24-12-11-19(27)15-23(24)28/h4-12,14-15H,3,13,16-17H2,1-2H3,(H,29,33). The molecule has 35 heavy (non-hydrogen) atoms. The third kappa shape index (κ3) is 5.68. The minimum atomic E-state index is -0.845. The van der Waals surface area contributed by atoms with E-state index in [4.69, 9.17) is 9.15 Å². The van der Waals surface area contributed by atoms with Crippen LogP contribution in [0.2, 0.25) is 0 Å². The Labute approximate surface area is 201 Å². The van der Waals surface area contributed by atoms with Crippen LogP contribution in [0.3, 0.4) is 0 Å². The Hall–Kier alpha value is -4.14. The molecule has 9 heteroatoms.